The number of rotatable bonds is 4. The van der Waals surface area contributed by atoms with Gasteiger partial charge >= 0.3 is 0 Å². The second-order valence-electron chi connectivity index (χ2n) is 4.55. The third-order valence-electron chi connectivity index (χ3n) is 3.07. The fourth-order valence-corrected chi connectivity index (χ4v) is 3.43. The molecule has 1 N–H and O–H groups in total. The van der Waals surface area contributed by atoms with E-state index in [1.54, 1.807) is 36.4 Å². The Morgan fingerprint density at radius 1 is 1.00 bits per heavy atom. The van der Waals surface area contributed by atoms with Crippen molar-refractivity contribution in [3.8, 4) is 0 Å². The molecule has 0 bridgehead atoms. The van der Waals surface area contributed by atoms with E-state index in [0.29, 0.717) is 31.2 Å². The first-order chi connectivity index (χ1) is 9.88. The molecular formula is C15H12Cl4O2. The van der Waals surface area contributed by atoms with Gasteiger partial charge in [-0.3, -0.25) is 0 Å². The molecule has 2 nitrogen and oxygen atoms in total. The highest BCUT2D eigenvalue weighted by Crippen LogP contribution is 2.40. The summed E-state index contributed by atoms with van der Waals surface area (Å²) in [6.45, 7) is -0.0485. The van der Waals surface area contributed by atoms with E-state index in [-0.39, 0.29) is 6.61 Å². The monoisotopic (exact) mass is 364 g/mol. The fraction of sp³-hybridized carbons (Fsp3) is 0.200. The minimum Gasteiger partial charge on any atom is -0.381 e. The van der Waals surface area contributed by atoms with Gasteiger partial charge in [0.05, 0.1) is 6.61 Å². The van der Waals surface area contributed by atoms with Crippen LogP contribution in [0.25, 0.3) is 0 Å². The zero-order valence-corrected chi connectivity index (χ0v) is 14.1. The molecule has 1 atom stereocenters. The summed E-state index contributed by atoms with van der Waals surface area (Å²) in [5, 5.41) is 12.6. The third-order valence-corrected chi connectivity index (χ3v) is 4.14. The van der Waals surface area contributed by atoms with Gasteiger partial charge in [0.25, 0.3) is 0 Å². The van der Waals surface area contributed by atoms with Crippen molar-refractivity contribution < 1.29 is 9.84 Å². The van der Waals surface area contributed by atoms with Crippen LogP contribution >= 0.6 is 46.4 Å². The molecule has 0 aliphatic rings. The van der Waals surface area contributed by atoms with Crippen molar-refractivity contribution in [1.29, 1.82) is 0 Å². The second kappa shape index (κ2) is 6.74. The SMILES string of the molecule is COCC(O)(c1cc(Cl)cc(Cl)c1)c1c(Cl)cccc1Cl. The normalized spacial score (nSPS) is 14.0. The van der Waals surface area contributed by atoms with E-state index < -0.39 is 5.60 Å². The summed E-state index contributed by atoms with van der Waals surface area (Å²) >= 11 is 24.5. The summed E-state index contributed by atoms with van der Waals surface area (Å²) in [6, 6.07) is 9.78. The Kier molecular flexibility index (Phi) is 5.42. The van der Waals surface area contributed by atoms with Crippen molar-refractivity contribution in [3.63, 3.8) is 0 Å². The first-order valence-electron chi connectivity index (χ1n) is 6.01. The largest absolute Gasteiger partial charge is 0.381 e. The van der Waals surface area contributed by atoms with Gasteiger partial charge in [0, 0.05) is 32.8 Å². The zero-order valence-electron chi connectivity index (χ0n) is 11.0. The van der Waals surface area contributed by atoms with Crippen molar-refractivity contribution in [2.75, 3.05) is 13.7 Å². The molecule has 2 rings (SSSR count). The predicted octanol–water partition coefficient (Wildman–Crippen LogP) is 5.18. The molecule has 0 heterocycles. The van der Waals surface area contributed by atoms with E-state index in [9.17, 15) is 5.11 Å². The van der Waals surface area contributed by atoms with Crippen LogP contribution in [0.2, 0.25) is 20.1 Å². The van der Waals surface area contributed by atoms with Gasteiger partial charge in [-0.05, 0) is 35.9 Å². The Morgan fingerprint density at radius 2 is 1.52 bits per heavy atom. The van der Waals surface area contributed by atoms with Crippen LogP contribution in [0.1, 0.15) is 11.1 Å². The Morgan fingerprint density at radius 3 is 2.00 bits per heavy atom. The minimum absolute atomic E-state index is 0.0485. The molecule has 0 fully saturated rings. The van der Waals surface area contributed by atoms with Crippen LogP contribution < -0.4 is 0 Å². The number of halogens is 4. The molecule has 0 saturated carbocycles. The molecule has 0 radical (unpaired) electrons. The molecule has 0 saturated heterocycles. The molecule has 0 aliphatic carbocycles. The Labute approximate surface area is 143 Å². The van der Waals surface area contributed by atoms with Gasteiger partial charge in [0.2, 0.25) is 0 Å². The first kappa shape index (κ1) is 16.9. The summed E-state index contributed by atoms with van der Waals surface area (Å²) < 4.78 is 5.15. The van der Waals surface area contributed by atoms with E-state index in [2.05, 4.69) is 0 Å². The molecule has 2 aromatic rings. The highest BCUT2D eigenvalue weighted by molar-refractivity contribution is 6.36. The molecular weight excluding hydrogens is 354 g/mol. The number of methoxy groups -OCH3 is 1. The lowest BCUT2D eigenvalue weighted by Crippen LogP contribution is -2.33. The van der Waals surface area contributed by atoms with Crippen LogP contribution in [0.4, 0.5) is 0 Å². The fourth-order valence-electron chi connectivity index (χ4n) is 2.19. The van der Waals surface area contributed by atoms with Crippen molar-refractivity contribution in [2.45, 2.75) is 5.60 Å². The summed E-state index contributed by atoms with van der Waals surface area (Å²) in [5.74, 6) is 0. The van der Waals surface area contributed by atoms with Crippen LogP contribution in [0.5, 0.6) is 0 Å². The maximum absolute atomic E-state index is 11.2. The van der Waals surface area contributed by atoms with Crippen LogP contribution in [-0.2, 0) is 10.3 Å². The molecule has 1 unspecified atom stereocenters. The Balaban J connectivity index is 2.70. The number of ether oxygens (including phenoxy) is 1. The van der Waals surface area contributed by atoms with Gasteiger partial charge in [-0.25, -0.2) is 0 Å². The highest BCUT2D eigenvalue weighted by Gasteiger charge is 2.36. The van der Waals surface area contributed by atoms with Crippen molar-refractivity contribution >= 4 is 46.4 Å². The van der Waals surface area contributed by atoms with E-state index in [4.69, 9.17) is 51.1 Å². The lowest BCUT2D eigenvalue weighted by Gasteiger charge is -2.30. The molecule has 0 spiro atoms. The second-order valence-corrected chi connectivity index (χ2v) is 6.24. The minimum atomic E-state index is -1.56. The quantitative estimate of drug-likeness (QED) is 0.808. The highest BCUT2D eigenvalue weighted by atomic mass is 35.5. The Hall–Kier alpha value is -0.480. The van der Waals surface area contributed by atoms with Gasteiger partial charge in [0.1, 0.15) is 5.60 Å². The van der Waals surface area contributed by atoms with Crippen LogP contribution in [0.3, 0.4) is 0 Å². The number of aliphatic hydroxyl groups is 1. The molecule has 112 valence electrons. The lowest BCUT2D eigenvalue weighted by molar-refractivity contribution is -0.00312. The number of hydrogen-bond acceptors (Lipinski definition) is 2. The van der Waals surface area contributed by atoms with Gasteiger partial charge in [0.15, 0.2) is 0 Å². The van der Waals surface area contributed by atoms with Crippen LogP contribution in [0.15, 0.2) is 36.4 Å². The third kappa shape index (κ3) is 3.48. The van der Waals surface area contributed by atoms with Gasteiger partial charge in [-0.15, -0.1) is 0 Å². The van der Waals surface area contributed by atoms with Crippen molar-refractivity contribution in [1.82, 2.24) is 0 Å². The summed E-state index contributed by atoms with van der Waals surface area (Å²) in [4.78, 5) is 0. The summed E-state index contributed by atoms with van der Waals surface area (Å²) in [7, 11) is 1.47. The van der Waals surface area contributed by atoms with E-state index in [1.807, 2.05) is 0 Å². The van der Waals surface area contributed by atoms with Gasteiger partial charge < -0.3 is 9.84 Å². The maximum atomic E-state index is 11.2. The smallest absolute Gasteiger partial charge is 0.141 e. The van der Waals surface area contributed by atoms with Crippen LogP contribution in [-0.4, -0.2) is 18.8 Å². The number of hydrogen-bond donors (Lipinski definition) is 1. The molecule has 0 aliphatic heterocycles. The van der Waals surface area contributed by atoms with Gasteiger partial charge in [-0.1, -0.05) is 52.5 Å². The van der Waals surface area contributed by atoms with Crippen LogP contribution in [0, 0.1) is 0 Å². The van der Waals surface area contributed by atoms with E-state index in [0.717, 1.165) is 0 Å². The van der Waals surface area contributed by atoms with Crippen molar-refractivity contribution in [3.05, 3.63) is 67.6 Å². The standard InChI is InChI=1S/C15H12Cl4O2/c1-21-8-15(20,9-5-10(16)7-11(17)6-9)14-12(18)3-2-4-13(14)19/h2-7,20H,8H2,1H3. The topological polar surface area (TPSA) is 29.5 Å². The Bertz CT molecular complexity index is 620. The predicted molar refractivity (Wildman–Crippen MR) is 87.8 cm³/mol. The molecule has 0 amide bonds. The average molecular weight is 366 g/mol. The van der Waals surface area contributed by atoms with Gasteiger partial charge in [-0.2, -0.15) is 0 Å². The lowest BCUT2D eigenvalue weighted by atomic mass is 9.87. The maximum Gasteiger partial charge on any atom is 0.141 e. The molecule has 21 heavy (non-hydrogen) atoms. The van der Waals surface area contributed by atoms with E-state index in [1.165, 1.54) is 7.11 Å². The first-order valence-corrected chi connectivity index (χ1v) is 7.52. The van der Waals surface area contributed by atoms with E-state index >= 15 is 0 Å². The summed E-state index contributed by atoms with van der Waals surface area (Å²) in [5.41, 5.74) is -0.746. The average Bonchev–Trinajstić information content (AvgIpc) is 2.37. The molecule has 0 aromatic heterocycles. The summed E-state index contributed by atoms with van der Waals surface area (Å²) in [6.07, 6.45) is 0. The molecule has 6 heteroatoms. The van der Waals surface area contributed by atoms with Crippen molar-refractivity contribution in [2.24, 2.45) is 0 Å². The number of benzene rings is 2. The molecule has 2 aromatic carbocycles. The zero-order chi connectivity index (χ0) is 15.6.